The monoisotopic (exact) mass is 361 g/mol. The van der Waals surface area contributed by atoms with Gasteiger partial charge in [0.15, 0.2) is 0 Å². The van der Waals surface area contributed by atoms with Crippen LogP contribution in [0.4, 0.5) is 5.95 Å². The van der Waals surface area contributed by atoms with Crippen LogP contribution >= 0.6 is 0 Å². The van der Waals surface area contributed by atoms with E-state index in [1.54, 1.807) is 12.4 Å². The molecule has 1 aromatic rings. The number of hydrogen-bond acceptors (Lipinski definition) is 7. The number of likely N-dealkylation sites (tertiary alicyclic amines) is 1. The van der Waals surface area contributed by atoms with Gasteiger partial charge >= 0.3 is 7.12 Å². The van der Waals surface area contributed by atoms with Crippen LogP contribution in [0.5, 0.6) is 0 Å². The Morgan fingerprint density at radius 2 is 1.73 bits per heavy atom. The van der Waals surface area contributed by atoms with Gasteiger partial charge in [-0.2, -0.15) is 0 Å². The van der Waals surface area contributed by atoms with E-state index >= 15 is 0 Å². The maximum Gasteiger partial charge on any atom is 0.498 e. The van der Waals surface area contributed by atoms with E-state index in [0.717, 1.165) is 38.2 Å². The fourth-order valence-corrected chi connectivity index (χ4v) is 3.36. The number of anilines is 1. The number of nitrogens with zero attached hydrogens (tertiary/aromatic N) is 3. The topological polar surface area (TPSA) is 85.5 Å². The number of nitrogens with one attached hydrogen (secondary N) is 1. The highest BCUT2D eigenvalue weighted by Crippen LogP contribution is 2.36. The van der Waals surface area contributed by atoms with Crippen LogP contribution in [-0.4, -0.2) is 65.9 Å². The van der Waals surface area contributed by atoms with Gasteiger partial charge in [-0.3, -0.25) is 0 Å². The molecule has 3 N–H and O–H groups in total. The van der Waals surface area contributed by atoms with Gasteiger partial charge in [-0.05, 0) is 59.5 Å². The molecule has 26 heavy (non-hydrogen) atoms. The first-order valence-corrected chi connectivity index (χ1v) is 9.64. The molecule has 0 saturated carbocycles. The molecular weight excluding hydrogens is 329 g/mol. The molecule has 2 fully saturated rings. The third-order valence-corrected chi connectivity index (χ3v) is 5.90. The number of piperidine rings is 1. The van der Waals surface area contributed by atoms with E-state index in [1.807, 2.05) is 27.7 Å². The van der Waals surface area contributed by atoms with Gasteiger partial charge < -0.3 is 25.3 Å². The Labute approximate surface area is 157 Å². The van der Waals surface area contributed by atoms with Crippen LogP contribution in [-0.2, 0) is 9.31 Å². The quantitative estimate of drug-likeness (QED) is 0.727. The number of rotatable bonds is 6. The van der Waals surface area contributed by atoms with Crippen molar-refractivity contribution in [1.29, 1.82) is 0 Å². The van der Waals surface area contributed by atoms with Crippen molar-refractivity contribution in [2.75, 3.05) is 38.0 Å². The summed E-state index contributed by atoms with van der Waals surface area (Å²) in [7, 11) is -0.416. The minimum absolute atomic E-state index is 0.354. The zero-order valence-corrected chi connectivity index (χ0v) is 16.5. The Morgan fingerprint density at radius 3 is 2.27 bits per heavy atom. The lowest BCUT2D eigenvalue weighted by molar-refractivity contribution is 0.00578. The van der Waals surface area contributed by atoms with Crippen LogP contribution in [0.2, 0.25) is 0 Å². The third kappa shape index (κ3) is 4.36. The molecule has 0 aromatic carbocycles. The van der Waals surface area contributed by atoms with E-state index in [2.05, 4.69) is 20.2 Å². The molecule has 0 spiro atoms. The highest BCUT2D eigenvalue weighted by Gasteiger charge is 2.51. The van der Waals surface area contributed by atoms with Crippen molar-refractivity contribution in [3.8, 4) is 0 Å². The Bertz CT molecular complexity index is 572. The summed E-state index contributed by atoms with van der Waals surface area (Å²) < 4.78 is 12.1. The molecule has 0 atom stereocenters. The Hall–Kier alpha value is -1.22. The van der Waals surface area contributed by atoms with Crippen molar-refractivity contribution in [3.63, 3.8) is 0 Å². The van der Waals surface area contributed by atoms with Crippen LogP contribution in [0, 0.1) is 5.92 Å². The summed E-state index contributed by atoms with van der Waals surface area (Å²) in [6.07, 6.45) is 5.97. The summed E-state index contributed by atoms with van der Waals surface area (Å²) in [5.74, 6) is 1.32. The molecule has 8 heteroatoms. The molecule has 2 aliphatic heterocycles. The normalized spacial score (nSPS) is 23.3. The zero-order chi connectivity index (χ0) is 18.8. The van der Waals surface area contributed by atoms with Crippen molar-refractivity contribution in [2.24, 2.45) is 11.7 Å². The first-order valence-electron chi connectivity index (χ1n) is 9.64. The first-order chi connectivity index (χ1) is 12.3. The number of hydrogen-bond donors (Lipinski definition) is 2. The Balaban J connectivity index is 1.48. The zero-order valence-electron chi connectivity index (χ0n) is 16.5. The van der Waals surface area contributed by atoms with Crippen LogP contribution in [0.3, 0.4) is 0 Å². The maximum atomic E-state index is 6.04. The third-order valence-electron chi connectivity index (χ3n) is 5.90. The highest BCUT2D eigenvalue weighted by atomic mass is 16.7. The van der Waals surface area contributed by atoms with E-state index in [-0.39, 0.29) is 11.2 Å². The second-order valence-corrected chi connectivity index (χ2v) is 8.38. The smallest absolute Gasteiger partial charge is 0.399 e. The van der Waals surface area contributed by atoms with Gasteiger partial charge in [-0.15, -0.1) is 0 Å². The number of aromatic nitrogens is 2. The maximum absolute atomic E-state index is 6.04. The van der Waals surface area contributed by atoms with Crippen LogP contribution < -0.4 is 16.5 Å². The summed E-state index contributed by atoms with van der Waals surface area (Å²) in [5.41, 5.74) is 5.77. The standard InChI is InChI=1S/C18H32BN5O2/c1-17(2)18(3,4)26-19(25-17)15-12-22-16(23-13-15)21-11-14-5-8-24(9-6-14)10-7-20/h12-14H,5-11,20H2,1-4H3,(H,21,22,23). The Kier molecular flexibility index (Phi) is 5.86. The first kappa shape index (κ1) is 19.5. The molecule has 0 aliphatic carbocycles. The Morgan fingerprint density at radius 1 is 1.15 bits per heavy atom. The molecule has 3 heterocycles. The van der Waals surface area contributed by atoms with Crippen molar-refractivity contribution in [3.05, 3.63) is 12.4 Å². The fraction of sp³-hybridized carbons (Fsp3) is 0.778. The highest BCUT2D eigenvalue weighted by molar-refractivity contribution is 6.61. The molecule has 1 aromatic heterocycles. The molecule has 2 aliphatic rings. The molecule has 0 amide bonds. The van der Waals surface area contributed by atoms with E-state index in [1.165, 1.54) is 12.8 Å². The summed E-state index contributed by atoms with van der Waals surface area (Å²) in [5, 5.41) is 3.36. The molecule has 0 radical (unpaired) electrons. The van der Waals surface area contributed by atoms with Gasteiger partial charge in [0.25, 0.3) is 0 Å². The fourth-order valence-electron chi connectivity index (χ4n) is 3.36. The average Bonchev–Trinajstić information content (AvgIpc) is 2.83. The lowest BCUT2D eigenvalue weighted by Gasteiger charge is -2.32. The SMILES string of the molecule is CC1(C)OB(c2cnc(NCC3CCN(CCN)CC3)nc2)OC1(C)C. The van der Waals surface area contributed by atoms with Crippen LogP contribution in [0.15, 0.2) is 12.4 Å². The molecule has 3 rings (SSSR count). The van der Waals surface area contributed by atoms with E-state index in [4.69, 9.17) is 15.0 Å². The second kappa shape index (κ2) is 7.80. The average molecular weight is 361 g/mol. The largest absolute Gasteiger partial charge is 0.498 e. The predicted octanol–water partition coefficient (Wildman–Crippen LogP) is 0.858. The minimum atomic E-state index is -0.416. The van der Waals surface area contributed by atoms with E-state index in [9.17, 15) is 0 Å². The molecule has 0 unspecified atom stereocenters. The van der Waals surface area contributed by atoms with Crippen molar-refractivity contribution < 1.29 is 9.31 Å². The summed E-state index contributed by atoms with van der Waals surface area (Å²) >= 11 is 0. The van der Waals surface area contributed by atoms with Gasteiger partial charge in [0.05, 0.1) is 11.2 Å². The molecule has 2 saturated heterocycles. The van der Waals surface area contributed by atoms with Gasteiger partial charge in [0.1, 0.15) is 0 Å². The van der Waals surface area contributed by atoms with Crippen molar-refractivity contribution in [1.82, 2.24) is 14.9 Å². The minimum Gasteiger partial charge on any atom is -0.399 e. The second-order valence-electron chi connectivity index (χ2n) is 8.38. The van der Waals surface area contributed by atoms with Gasteiger partial charge in [0.2, 0.25) is 5.95 Å². The van der Waals surface area contributed by atoms with Crippen LogP contribution in [0.1, 0.15) is 40.5 Å². The predicted molar refractivity (Wildman–Crippen MR) is 104 cm³/mol. The number of nitrogens with two attached hydrogens (primary N) is 1. The lowest BCUT2D eigenvalue weighted by Crippen LogP contribution is -2.41. The van der Waals surface area contributed by atoms with Crippen LogP contribution in [0.25, 0.3) is 0 Å². The molecular formula is C18H32BN5O2. The van der Waals surface area contributed by atoms with Gasteiger partial charge in [0, 0.05) is 37.5 Å². The summed E-state index contributed by atoms with van der Waals surface area (Å²) in [4.78, 5) is 11.3. The van der Waals surface area contributed by atoms with Crippen molar-refractivity contribution >= 4 is 18.5 Å². The van der Waals surface area contributed by atoms with E-state index in [0.29, 0.717) is 11.9 Å². The van der Waals surface area contributed by atoms with Gasteiger partial charge in [-0.1, -0.05) is 0 Å². The van der Waals surface area contributed by atoms with E-state index < -0.39 is 7.12 Å². The summed E-state index contributed by atoms with van der Waals surface area (Å²) in [6.45, 7) is 13.1. The van der Waals surface area contributed by atoms with Gasteiger partial charge in [-0.25, -0.2) is 9.97 Å². The van der Waals surface area contributed by atoms with Crippen molar-refractivity contribution in [2.45, 2.75) is 51.7 Å². The lowest BCUT2D eigenvalue weighted by atomic mass is 9.81. The molecule has 0 bridgehead atoms. The molecule has 144 valence electrons. The summed E-state index contributed by atoms with van der Waals surface area (Å²) in [6, 6.07) is 0. The molecule has 7 nitrogen and oxygen atoms in total.